The van der Waals surface area contributed by atoms with E-state index in [1.807, 2.05) is 48.5 Å². The van der Waals surface area contributed by atoms with Crippen LogP contribution >= 0.6 is 11.6 Å². The van der Waals surface area contributed by atoms with Gasteiger partial charge in [-0.3, -0.25) is 4.79 Å². The number of rotatable bonds is 5. The topological polar surface area (TPSA) is 95.1 Å². The Balaban J connectivity index is 1.64. The van der Waals surface area contributed by atoms with Crippen LogP contribution in [0, 0.1) is 0 Å². The maximum Gasteiger partial charge on any atom is 0.248 e. The Morgan fingerprint density at radius 3 is 2.82 bits per heavy atom. The van der Waals surface area contributed by atoms with E-state index < -0.39 is 11.9 Å². The second-order valence-corrected chi connectivity index (χ2v) is 6.88. The van der Waals surface area contributed by atoms with Crippen molar-refractivity contribution in [2.24, 2.45) is 5.73 Å². The van der Waals surface area contributed by atoms with Crippen LogP contribution in [0.3, 0.4) is 0 Å². The van der Waals surface area contributed by atoms with Crippen LogP contribution in [0.2, 0.25) is 5.02 Å². The Morgan fingerprint density at radius 1 is 1.29 bits per heavy atom. The lowest BCUT2D eigenvalue weighted by Gasteiger charge is -2.27. The number of hydrogen-bond acceptors (Lipinski definition) is 5. The maximum absolute atomic E-state index is 12.1. The van der Waals surface area contributed by atoms with Gasteiger partial charge in [0.05, 0.1) is 5.57 Å². The van der Waals surface area contributed by atoms with Gasteiger partial charge in [-0.25, -0.2) is 4.68 Å². The van der Waals surface area contributed by atoms with Crippen molar-refractivity contribution >= 4 is 23.5 Å². The van der Waals surface area contributed by atoms with E-state index in [2.05, 4.69) is 15.4 Å². The average Bonchev–Trinajstić information content (AvgIpc) is 3.14. The minimum atomic E-state index is -0.511. The van der Waals surface area contributed by atoms with E-state index in [0.717, 1.165) is 11.1 Å². The number of primary amides is 1. The van der Waals surface area contributed by atoms with Gasteiger partial charge in [-0.1, -0.05) is 35.9 Å². The van der Waals surface area contributed by atoms with Crippen molar-refractivity contribution in [3.63, 3.8) is 0 Å². The maximum atomic E-state index is 12.1. The molecule has 0 fully saturated rings. The number of aromatic nitrogens is 3. The summed E-state index contributed by atoms with van der Waals surface area (Å²) in [5.41, 5.74) is 8.58. The molecule has 3 N–H and O–H groups in total. The fourth-order valence-electron chi connectivity index (χ4n) is 3.24. The van der Waals surface area contributed by atoms with Crippen molar-refractivity contribution in [3.05, 3.63) is 82.3 Å². The zero-order valence-electron chi connectivity index (χ0n) is 15.1. The molecule has 142 valence electrons. The molecule has 0 bridgehead atoms. The average molecular weight is 396 g/mol. The summed E-state index contributed by atoms with van der Waals surface area (Å²) in [6.45, 7) is 2.20. The standard InChI is InChI=1S/C20H18ClN5O2/c1-12-17(19(22)27)18(26-20(25-12)23-11-24-26)14-3-2-4-16(9-14)28-10-13-5-7-15(21)8-6-13/h2-9,11,18H,10H2,1H3,(H2,22,27)(H,23,24,25). The van der Waals surface area contributed by atoms with Gasteiger partial charge in [0.2, 0.25) is 11.9 Å². The Bertz CT molecular complexity index is 1060. The third kappa shape index (κ3) is 3.44. The van der Waals surface area contributed by atoms with Crippen molar-refractivity contribution < 1.29 is 9.53 Å². The summed E-state index contributed by atoms with van der Waals surface area (Å²) in [6.07, 6.45) is 1.44. The zero-order chi connectivity index (χ0) is 19.7. The van der Waals surface area contributed by atoms with E-state index in [9.17, 15) is 4.79 Å². The summed E-state index contributed by atoms with van der Waals surface area (Å²) in [5, 5.41) is 8.01. The molecule has 7 nitrogen and oxygen atoms in total. The summed E-state index contributed by atoms with van der Waals surface area (Å²) in [5.74, 6) is 0.720. The molecule has 2 aromatic carbocycles. The Kier molecular flexibility index (Phi) is 4.75. The lowest BCUT2D eigenvalue weighted by Crippen LogP contribution is -2.31. The van der Waals surface area contributed by atoms with Gasteiger partial charge in [0.15, 0.2) is 0 Å². The molecule has 1 unspecified atom stereocenters. The predicted molar refractivity (Wildman–Crippen MR) is 106 cm³/mol. The number of allylic oxidation sites excluding steroid dienone is 1. The van der Waals surface area contributed by atoms with E-state index in [-0.39, 0.29) is 0 Å². The number of ether oxygens (including phenoxy) is 1. The first-order valence-corrected chi connectivity index (χ1v) is 9.05. The highest BCUT2D eigenvalue weighted by Gasteiger charge is 2.32. The zero-order valence-corrected chi connectivity index (χ0v) is 15.8. The lowest BCUT2D eigenvalue weighted by atomic mass is 9.95. The van der Waals surface area contributed by atoms with Crippen LogP contribution in [0.15, 0.2) is 66.1 Å². The lowest BCUT2D eigenvalue weighted by molar-refractivity contribution is -0.115. The minimum Gasteiger partial charge on any atom is -0.489 e. The molecule has 1 aliphatic heterocycles. The number of nitrogens with zero attached hydrogens (tertiary/aromatic N) is 3. The Morgan fingerprint density at radius 2 is 2.07 bits per heavy atom. The molecule has 3 aromatic rings. The third-order valence-corrected chi connectivity index (χ3v) is 4.80. The molecule has 8 heteroatoms. The van der Waals surface area contributed by atoms with Gasteiger partial charge in [0, 0.05) is 10.7 Å². The molecule has 2 heterocycles. The number of carbonyl (C=O) groups excluding carboxylic acids is 1. The molecule has 0 radical (unpaired) electrons. The smallest absolute Gasteiger partial charge is 0.248 e. The van der Waals surface area contributed by atoms with Gasteiger partial charge in [0.25, 0.3) is 0 Å². The van der Waals surface area contributed by atoms with Crippen LogP contribution in [-0.4, -0.2) is 20.7 Å². The number of nitrogens with one attached hydrogen (secondary N) is 1. The monoisotopic (exact) mass is 395 g/mol. The summed E-state index contributed by atoms with van der Waals surface area (Å²) in [6, 6.07) is 14.5. The van der Waals surface area contributed by atoms with Gasteiger partial charge in [0.1, 0.15) is 24.7 Å². The van der Waals surface area contributed by atoms with Crippen LogP contribution in [0.4, 0.5) is 5.95 Å². The number of halogens is 1. The van der Waals surface area contributed by atoms with Gasteiger partial charge in [-0.2, -0.15) is 10.1 Å². The van der Waals surface area contributed by atoms with Crippen LogP contribution in [-0.2, 0) is 11.4 Å². The van der Waals surface area contributed by atoms with E-state index in [1.165, 1.54) is 6.33 Å². The van der Waals surface area contributed by atoms with Crippen molar-refractivity contribution in [3.8, 4) is 5.75 Å². The number of hydrogen-bond donors (Lipinski definition) is 2. The van der Waals surface area contributed by atoms with Gasteiger partial charge < -0.3 is 15.8 Å². The highest BCUT2D eigenvalue weighted by molar-refractivity contribution is 6.30. The predicted octanol–water partition coefficient (Wildman–Crippen LogP) is 3.28. The molecular weight excluding hydrogens is 378 g/mol. The SMILES string of the molecule is CC1=C(C(N)=O)C(c2cccc(OCc3ccc(Cl)cc3)c2)n2ncnc2N1. The van der Waals surface area contributed by atoms with E-state index in [4.69, 9.17) is 22.1 Å². The number of carbonyl (C=O) groups is 1. The molecule has 28 heavy (non-hydrogen) atoms. The van der Waals surface area contributed by atoms with Gasteiger partial charge >= 0.3 is 0 Å². The third-order valence-electron chi connectivity index (χ3n) is 4.55. The normalized spacial score (nSPS) is 15.7. The highest BCUT2D eigenvalue weighted by Crippen LogP contribution is 2.35. The van der Waals surface area contributed by atoms with Crippen LogP contribution in [0.1, 0.15) is 24.1 Å². The van der Waals surface area contributed by atoms with Gasteiger partial charge in [-0.05, 0) is 42.3 Å². The molecule has 1 atom stereocenters. The molecule has 1 amide bonds. The molecular formula is C20H18ClN5O2. The van der Waals surface area contributed by atoms with Gasteiger partial charge in [-0.15, -0.1) is 0 Å². The molecule has 0 saturated carbocycles. The first-order chi connectivity index (χ1) is 13.5. The van der Waals surface area contributed by atoms with Crippen LogP contribution in [0.25, 0.3) is 0 Å². The fraction of sp³-hybridized carbons (Fsp3) is 0.150. The summed E-state index contributed by atoms with van der Waals surface area (Å²) < 4.78 is 7.56. The van der Waals surface area contributed by atoms with Crippen molar-refractivity contribution in [1.82, 2.24) is 14.8 Å². The van der Waals surface area contributed by atoms with E-state index in [1.54, 1.807) is 11.6 Å². The van der Waals surface area contributed by atoms with Crippen molar-refractivity contribution in [2.75, 3.05) is 5.32 Å². The first-order valence-electron chi connectivity index (χ1n) is 8.67. The Hall–Kier alpha value is -3.32. The van der Waals surface area contributed by atoms with E-state index in [0.29, 0.717) is 34.6 Å². The summed E-state index contributed by atoms with van der Waals surface area (Å²) >= 11 is 5.92. The largest absolute Gasteiger partial charge is 0.489 e. The quantitative estimate of drug-likeness (QED) is 0.691. The second-order valence-electron chi connectivity index (χ2n) is 6.45. The second kappa shape index (κ2) is 7.36. The molecule has 1 aromatic heterocycles. The molecule has 1 aliphatic rings. The first kappa shape index (κ1) is 18.1. The van der Waals surface area contributed by atoms with E-state index >= 15 is 0 Å². The number of benzene rings is 2. The number of nitrogens with two attached hydrogens (primary N) is 1. The number of fused-ring (bicyclic) bond motifs is 1. The van der Waals surface area contributed by atoms with Crippen molar-refractivity contribution in [2.45, 2.75) is 19.6 Å². The number of anilines is 1. The highest BCUT2D eigenvalue weighted by atomic mass is 35.5. The molecule has 0 saturated heterocycles. The fourth-order valence-corrected chi connectivity index (χ4v) is 3.37. The Labute approximate surface area is 166 Å². The molecule has 0 spiro atoms. The van der Waals surface area contributed by atoms with Crippen LogP contribution < -0.4 is 15.8 Å². The molecule has 0 aliphatic carbocycles. The van der Waals surface area contributed by atoms with Crippen LogP contribution in [0.5, 0.6) is 5.75 Å². The summed E-state index contributed by atoms with van der Waals surface area (Å²) in [4.78, 5) is 16.3. The van der Waals surface area contributed by atoms with Crippen molar-refractivity contribution in [1.29, 1.82) is 0 Å². The minimum absolute atomic E-state index is 0.402. The molecule has 4 rings (SSSR count). The summed E-state index contributed by atoms with van der Waals surface area (Å²) in [7, 11) is 0. The number of amides is 1.